The first-order chi connectivity index (χ1) is 13.4. The van der Waals surface area contributed by atoms with E-state index >= 15 is 0 Å². The monoisotopic (exact) mass is 375 g/mol. The van der Waals surface area contributed by atoms with Crippen molar-refractivity contribution >= 4 is 17.4 Å². The maximum Gasteiger partial charge on any atom is 0.224 e. The predicted molar refractivity (Wildman–Crippen MR) is 107 cm³/mol. The fourth-order valence-corrected chi connectivity index (χ4v) is 2.81. The van der Waals surface area contributed by atoms with E-state index in [-0.39, 0.29) is 30.3 Å². The summed E-state index contributed by atoms with van der Waals surface area (Å²) < 4.78 is 0. The van der Waals surface area contributed by atoms with Crippen molar-refractivity contribution in [1.29, 1.82) is 0 Å². The number of hydrogen-bond donors (Lipinski definition) is 2. The van der Waals surface area contributed by atoms with Gasteiger partial charge in [-0.15, -0.1) is 0 Å². The van der Waals surface area contributed by atoms with Crippen LogP contribution in [0.2, 0.25) is 0 Å². The number of anilines is 1. The van der Waals surface area contributed by atoms with Gasteiger partial charge in [0.25, 0.3) is 0 Å². The number of carbonyl (C=O) groups excluding carboxylic acids is 2. The Bertz CT molecular complexity index is 1010. The second-order valence-corrected chi connectivity index (χ2v) is 6.64. The highest BCUT2D eigenvalue weighted by atomic mass is 16.3. The molecule has 0 fully saturated rings. The molecule has 1 amide bonds. The summed E-state index contributed by atoms with van der Waals surface area (Å²) in [6, 6.07) is 12.3. The van der Waals surface area contributed by atoms with Crippen molar-refractivity contribution in [2.75, 3.05) is 5.32 Å². The van der Waals surface area contributed by atoms with Crippen molar-refractivity contribution in [2.45, 2.75) is 26.7 Å². The Morgan fingerprint density at radius 3 is 2.46 bits per heavy atom. The topological polar surface area (TPSA) is 92.2 Å². The zero-order chi connectivity index (χ0) is 20.1. The number of aromatic hydroxyl groups is 1. The molecular weight excluding hydrogens is 354 g/mol. The average molecular weight is 375 g/mol. The van der Waals surface area contributed by atoms with Crippen LogP contribution in [0.4, 0.5) is 5.69 Å². The normalized spacial score (nSPS) is 10.5. The van der Waals surface area contributed by atoms with Gasteiger partial charge >= 0.3 is 0 Å². The minimum Gasteiger partial charge on any atom is -0.508 e. The molecule has 0 radical (unpaired) electrons. The minimum absolute atomic E-state index is 0.0492. The number of ketones is 1. The Labute approximate surface area is 163 Å². The molecule has 3 rings (SSSR count). The summed E-state index contributed by atoms with van der Waals surface area (Å²) in [4.78, 5) is 32.9. The van der Waals surface area contributed by atoms with Crippen LogP contribution in [0.5, 0.6) is 5.75 Å². The highest BCUT2D eigenvalue weighted by Crippen LogP contribution is 2.20. The fraction of sp³-hybridized carbons (Fsp3) is 0.182. The third-order valence-electron chi connectivity index (χ3n) is 4.31. The van der Waals surface area contributed by atoms with Gasteiger partial charge in [0.05, 0.1) is 18.1 Å². The number of nitrogens with zero attached hydrogens (tertiary/aromatic N) is 2. The van der Waals surface area contributed by atoms with E-state index in [4.69, 9.17) is 0 Å². The van der Waals surface area contributed by atoms with Gasteiger partial charge in [-0.3, -0.25) is 9.59 Å². The smallest absolute Gasteiger partial charge is 0.224 e. The molecule has 0 aliphatic heterocycles. The number of benzene rings is 2. The van der Waals surface area contributed by atoms with Crippen LogP contribution in [0.3, 0.4) is 0 Å². The maximum absolute atomic E-state index is 12.4. The highest BCUT2D eigenvalue weighted by Gasteiger charge is 2.12. The molecule has 0 saturated carbocycles. The van der Waals surface area contributed by atoms with Gasteiger partial charge in [-0.05, 0) is 37.6 Å². The lowest BCUT2D eigenvalue weighted by Crippen LogP contribution is -2.14. The van der Waals surface area contributed by atoms with Crippen molar-refractivity contribution < 1.29 is 14.7 Å². The summed E-state index contributed by atoms with van der Waals surface area (Å²) in [6.45, 7) is 3.82. The fourth-order valence-electron chi connectivity index (χ4n) is 2.81. The van der Waals surface area contributed by atoms with E-state index in [0.717, 1.165) is 11.1 Å². The molecule has 1 heterocycles. The molecule has 2 N–H and O–H groups in total. The number of aryl methyl sites for hydroxylation is 2. The van der Waals surface area contributed by atoms with Gasteiger partial charge in [-0.25, -0.2) is 9.97 Å². The van der Waals surface area contributed by atoms with E-state index < -0.39 is 0 Å². The van der Waals surface area contributed by atoms with Gasteiger partial charge in [0.2, 0.25) is 5.91 Å². The standard InChI is InChI=1S/C22H21N3O3/c1-14-6-7-15(2)19(10-14)20(27)8-9-21(28)25-17-12-23-22(24-13-17)16-4-3-5-18(26)11-16/h3-7,10-13,26H,8-9H2,1-2H3,(H,25,28). The molecule has 0 saturated heterocycles. The number of carbonyl (C=O) groups is 2. The Kier molecular flexibility index (Phi) is 5.79. The van der Waals surface area contributed by atoms with E-state index in [1.807, 2.05) is 32.0 Å². The van der Waals surface area contributed by atoms with E-state index in [1.165, 1.54) is 12.4 Å². The lowest BCUT2D eigenvalue weighted by molar-refractivity contribution is -0.116. The molecule has 3 aromatic rings. The Morgan fingerprint density at radius 1 is 1.00 bits per heavy atom. The first-order valence-electron chi connectivity index (χ1n) is 8.94. The van der Waals surface area contributed by atoms with Gasteiger partial charge in [-0.1, -0.05) is 29.8 Å². The number of amides is 1. The second kappa shape index (κ2) is 8.43. The number of phenolic OH excluding ortho intramolecular Hbond substituents is 1. The van der Waals surface area contributed by atoms with Crippen molar-refractivity contribution in [1.82, 2.24) is 9.97 Å². The van der Waals surface area contributed by atoms with Crippen LogP contribution in [0.1, 0.15) is 34.3 Å². The lowest BCUT2D eigenvalue weighted by atomic mass is 9.99. The van der Waals surface area contributed by atoms with Crippen LogP contribution in [0.15, 0.2) is 54.9 Å². The predicted octanol–water partition coefficient (Wildman–Crippen LogP) is 4.07. The number of phenols is 1. The third-order valence-corrected chi connectivity index (χ3v) is 4.31. The molecule has 0 aliphatic carbocycles. The average Bonchev–Trinajstić information content (AvgIpc) is 2.68. The molecule has 6 nitrogen and oxygen atoms in total. The van der Waals surface area contributed by atoms with E-state index in [0.29, 0.717) is 22.6 Å². The summed E-state index contributed by atoms with van der Waals surface area (Å²) in [7, 11) is 0. The summed E-state index contributed by atoms with van der Waals surface area (Å²) in [5.41, 5.74) is 3.71. The Morgan fingerprint density at radius 2 is 1.75 bits per heavy atom. The zero-order valence-electron chi connectivity index (χ0n) is 15.8. The molecule has 28 heavy (non-hydrogen) atoms. The van der Waals surface area contributed by atoms with Gasteiger partial charge in [0.15, 0.2) is 11.6 Å². The highest BCUT2D eigenvalue weighted by molar-refractivity contribution is 6.01. The van der Waals surface area contributed by atoms with Crippen LogP contribution in [0.25, 0.3) is 11.4 Å². The van der Waals surface area contributed by atoms with E-state index in [9.17, 15) is 14.7 Å². The molecule has 6 heteroatoms. The molecule has 0 spiro atoms. The number of aromatic nitrogens is 2. The largest absolute Gasteiger partial charge is 0.508 e. The molecule has 0 bridgehead atoms. The van der Waals surface area contributed by atoms with Gasteiger partial charge in [0, 0.05) is 24.0 Å². The number of Topliss-reactive ketones (excluding diaryl/α,β-unsaturated/α-hetero) is 1. The summed E-state index contributed by atoms with van der Waals surface area (Å²) in [6.07, 6.45) is 3.21. The van der Waals surface area contributed by atoms with Crippen LogP contribution in [-0.2, 0) is 4.79 Å². The zero-order valence-corrected chi connectivity index (χ0v) is 15.8. The number of rotatable bonds is 6. The Balaban J connectivity index is 1.57. The molecular formula is C22H21N3O3. The first-order valence-corrected chi connectivity index (χ1v) is 8.94. The maximum atomic E-state index is 12.4. The number of hydrogen-bond acceptors (Lipinski definition) is 5. The second-order valence-electron chi connectivity index (χ2n) is 6.64. The van der Waals surface area contributed by atoms with E-state index in [2.05, 4.69) is 15.3 Å². The molecule has 142 valence electrons. The molecule has 0 aliphatic rings. The van der Waals surface area contributed by atoms with Crippen LogP contribution in [-0.4, -0.2) is 26.8 Å². The van der Waals surface area contributed by atoms with Crippen LogP contribution < -0.4 is 5.32 Å². The first kappa shape index (κ1) is 19.2. The molecule has 0 unspecified atom stereocenters. The number of nitrogens with one attached hydrogen (secondary N) is 1. The van der Waals surface area contributed by atoms with Crippen LogP contribution in [0, 0.1) is 13.8 Å². The van der Waals surface area contributed by atoms with Crippen LogP contribution >= 0.6 is 0 Å². The van der Waals surface area contributed by atoms with Crippen molar-refractivity contribution in [3.63, 3.8) is 0 Å². The lowest BCUT2D eigenvalue weighted by Gasteiger charge is -2.07. The SMILES string of the molecule is Cc1ccc(C)c(C(=O)CCC(=O)Nc2cnc(-c3cccc(O)c3)nc2)c1. The van der Waals surface area contributed by atoms with Gasteiger partial charge in [0.1, 0.15) is 5.75 Å². The van der Waals surface area contributed by atoms with Gasteiger partial charge in [-0.2, -0.15) is 0 Å². The van der Waals surface area contributed by atoms with Gasteiger partial charge < -0.3 is 10.4 Å². The molecule has 1 aromatic heterocycles. The summed E-state index contributed by atoms with van der Waals surface area (Å²) in [5, 5.41) is 12.2. The van der Waals surface area contributed by atoms with Crippen molar-refractivity contribution in [3.05, 3.63) is 71.5 Å². The minimum atomic E-state index is -0.271. The quantitative estimate of drug-likeness (QED) is 0.634. The van der Waals surface area contributed by atoms with Crippen molar-refractivity contribution in [2.24, 2.45) is 0 Å². The van der Waals surface area contributed by atoms with Crippen molar-refractivity contribution in [3.8, 4) is 17.1 Å². The summed E-state index contributed by atoms with van der Waals surface area (Å²) >= 11 is 0. The summed E-state index contributed by atoms with van der Waals surface area (Å²) in [5.74, 6) is 0.255. The molecule has 2 aromatic carbocycles. The Hall–Kier alpha value is -3.54. The molecule has 0 atom stereocenters. The third kappa shape index (κ3) is 4.79. The van der Waals surface area contributed by atoms with E-state index in [1.54, 1.807) is 24.3 Å².